The molecule has 2 aromatic rings. The van der Waals surface area contributed by atoms with Crippen LogP contribution in [0.25, 0.3) is 0 Å². The molecule has 1 N–H and O–H groups in total. The highest BCUT2D eigenvalue weighted by atomic mass is 16.6. The Labute approximate surface area is 155 Å². The molecule has 1 fully saturated rings. The number of nitrogens with one attached hydrogen (secondary N) is 1. The molecule has 0 aromatic heterocycles. The fraction of sp³-hybridized carbons (Fsp3) is 0.211. The van der Waals surface area contributed by atoms with Gasteiger partial charge in [-0.2, -0.15) is 5.10 Å². The van der Waals surface area contributed by atoms with Gasteiger partial charge in [-0.15, -0.1) is 5.01 Å². The number of carbonyl (C=O) groups is 2. The monoisotopic (exact) mass is 366 g/mol. The molecule has 2 aromatic carbocycles. The van der Waals surface area contributed by atoms with Crippen LogP contribution < -0.4 is 5.32 Å². The van der Waals surface area contributed by atoms with E-state index in [2.05, 4.69) is 10.4 Å². The van der Waals surface area contributed by atoms with Gasteiger partial charge in [0.05, 0.1) is 16.7 Å². The number of rotatable bonds is 6. The lowest BCUT2D eigenvalue weighted by Gasteiger charge is -2.20. The Bertz CT molecular complexity index is 913. The first-order chi connectivity index (χ1) is 12.9. The Balaban J connectivity index is 1.75. The molecule has 1 saturated heterocycles. The zero-order chi connectivity index (χ0) is 19.4. The Morgan fingerprint density at radius 1 is 1.15 bits per heavy atom. The number of amides is 3. The molecule has 8 nitrogen and oxygen atoms in total. The first-order valence-electron chi connectivity index (χ1n) is 8.39. The maximum Gasteiger partial charge on any atom is 0.346 e. The van der Waals surface area contributed by atoms with Crippen molar-refractivity contribution in [1.82, 2.24) is 10.3 Å². The van der Waals surface area contributed by atoms with Gasteiger partial charge < -0.3 is 5.32 Å². The van der Waals surface area contributed by atoms with Crippen LogP contribution in [0.5, 0.6) is 0 Å². The number of aryl methyl sites for hydroxylation is 1. The number of urea groups is 1. The third-order valence-electron chi connectivity index (χ3n) is 4.44. The molecule has 27 heavy (non-hydrogen) atoms. The minimum absolute atomic E-state index is 0.153. The molecular formula is C19H18N4O4. The molecule has 1 aliphatic rings. The molecule has 3 rings (SSSR count). The smallest absolute Gasteiger partial charge is 0.322 e. The van der Waals surface area contributed by atoms with Crippen LogP contribution in [0.3, 0.4) is 0 Å². The minimum atomic E-state index is -1.08. The molecule has 1 heterocycles. The van der Waals surface area contributed by atoms with Gasteiger partial charge in [-0.05, 0) is 31.4 Å². The van der Waals surface area contributed by atoms with E-state index in [-0.39, 0.29) is 11.3 Å². The van der Waals surface area contributed by atoms with Crippen molar-refractivity contribution < 1.29 is 14.5 Å². The number of nitrogens with zero attached hydrogens (tertiary/aromatic N) is 3. The summed E-state index contributed by atoms with van der Waals surface area (Å²) in [6.45, 7) is 1.65. The summed E-state index contributed by atoms with van der Waals surface area (Å²) in [5, 5.41) is 18.3. The number of para-hydroxylation sites is 1. The predicted molar refractivity (Wildman–Crippen MR) is 99.2 cm³/mol. The average Bonchev–Trinajstić information content (AvgIpc) is 2.88. The van der Waals surface area contributed by atoms with Crippen molar-refractivity contribution in [3.63, 3.8) is 0 Å². The van der Waals surface area contributed by atoms with E-state index in [1.54, 1.807) is 13.0 Å². The number of nitro benzene ring substituents is 1. The van der Waals surface area contributed by atoms with Crippen LogP contribution in [-0.4, -0.2) is 33.6 Å². The fourth-order valence-corrected chi connectivity index (χ4v) is 2.86. The molecule has 0 unspecified atom stereocenters. The Kier molecular flexibility index (Phi) is 4.98. The summed E-state index contributed by atoms with van der Waals surface area (Å²) < 4.78 is 0. The van der Waals surface area contributed by atoms with Gasteiger partial charge >= 0.3 is 6.03 Å². The van der Waals surface area contributed by atoms with Crippen molar-refractivity contribution >= 4 is 23.8 Å². The highest BCUT2D eigenvalue weighted by molar-refractivity contribution is 6.07. The van der Waals surface area contributed by atoms with E-state index < -0.39 is 22.4 Å². The van der Waals surface area contributed by atoms with Gasteiger partial charge in [-0.1, -0.05) is 42.5 Å². The number of hydrazone groups is 1. The van der Waals surface area contributed by atoms with Crippen molar-refractivity contribution in [2.75, 3.05) is 0 Å². The highest BCUT2D eigenvalue weighted by Crippen LogP contribution is 2.24. The van der Waals surface area contributed by atoms with Crippen molar-refractivity contribution in [2.45, 2.75) is 25.3 Å². The van der Waals surface area contributed by atoms with E-state index >= 15 is 0 Å². The van der Waals surface area contributed by atoms with E-state index in [0.29, 0.717) is 12.8 Å². The van der Waals surface area contributed by atoms with Crippen molar-refractivity contribution in [2.24, 2.45) is 5.10 Å². The minimum Gasteiger partial charge on any atom is -0.322 e. The molecule has 3 amide bonds. The van der Waals surface area contributed by atoms with Gasteiger partial charge in [0.1, 0.15) is 5.54 Å². The summed E-state index contributed by atoms with van der Waals surface area (Å²) in [6, 6.07) is 15.0. The lowest BCUT2D eigenvalue weighted by Crippen LogP contribution is -2.44. The Morgan fingerprint density at radius 2 is 1.81 bits per heavy atom. The molecule has 138 valence electrons. The van der Waals surface area contributed by atoms with Crippen LogP contribution in [-0.2, 0) is 11.2 Å². The lowest BCUT2D eigenvalue weighted by molar-refractivity contribution is -0.385. The van der Waals surface area contributed by atoms with Crippen LogP contribution in [0.4, 0.5) is 10.5 Å². The van der Waals surface area contributed by atoms with Crippen molar-refractivity contribution in [3.8, 4) is 0 Å². The van der Waals surface area contributed by atoms with Crippen molar-refractivity contribution in [1.29, 1.82) is 0 Å². The maximum absolute atomic E-state index is 12.7. The summed E-state index contributed by atoms with van der Waals surface area (Å²) in [5.74, 6) is -0.488. The quantitative estimate of drug-likeness (QED) is 0.367. The molecular weight excluding hydrogens is 348 g/mol. The standard InChI is InChI=1S/C19H18N4O4/c1-19(12-11-14-7-3-2-4-8-14)17(24)22(18(25)21-19)20-13-15-9-5-6-10-16(15)23(26)27/h2-10,13H,11-12H2,1H3,(H,21,25)/b20-13-/t19-/m0/s1. The largest absolute Gasteiger partial charge is 0.346 e. The zero-order valence-electron chi connectivity index (χ0n) is 14.7. The number of imide groups is 1. The second kappa shape index (κ2) is 7.36. The molecule has 0 spiro atoms. The normalized spacial score (nSPS) is 19.5. The number of nitro groups is 1. The summed E-state index contributed by atoms with van der Waals surface area (Å²) in [7, 11) is 0. The van der Waals surface area contributed by atoms with Gasteiger partial charge in [0, 0.05) is 6.07 Å². The number of carbonyl (C=O) groups excluding carboxylic acids is 2. The van der Waals surface area contributed by atoms with Crippen LogP contribution in [0.2, 0.25) is 0 Å². The number of hydrogen-bond acceptors (Lipinski definition) is 5. The molecule has 0 radical (unpaired) electrons. The second-order valence-corrected chi connectivity index (χ2v) is 6.43. The highest BCUT2D eigenvalue weighted by Gasteiger charge is 2.47. The maximum atomic E-state index is 12.7. The van der Waals surface area contributed by atoms with E-state index in [0.717, 1.165) is 16.8 Å². The molecule has 0 aliphatic carbocycles. The Morgan fingerprint density at radius 3 is 2.52 bits per heavy atom. The van der Waals surface area contributed by atoms with E-state index in [1.165, 1.54) is 18.2 Å². The van der Waals surface area contributed by atoms with Gasteiger partial charge in [0.2, 0.25) is 0 Å². The third-order valence-corrected chi connectivity index (χ3v) is 4.44. The first-order valence-corrected chi connectivity index (χ1v) is 8.39. The summed E-state index contributed by atoms with van der Waals surface area (Å²) in [5.41, 5.74) is 0.0381. The molecule has 0 saturated carbocycles. The molecule has 1 aliphatic heterocycles. The van der Waals surface area contributed by atoms with Gasteiger partial charge in [0.25, 0.3) is 11.6 Å². The van der Waals surface area contributed by atoms with Crippen LogP contribution in [0.1, 0.15) is 24.5 Å². The molecule has 8 heteroatoms. The van der Waals surface area contributed by atoms with Crippen molar-refractivity contribution in [3.05, 3.63) is 75.8 Å². The second-order valence-electron chi connectivity index (χ2n) is 6.43. The molecule has 1 atom stereocenters. The van der Waals surface area contributed by atoms with Crippen LogP contribution >= 0.6 is 0 Å². The van der Waals surface area contributed by atoms with E-state index in [9.17, 15) is 19.7 Å². The fourth-order valence-electron chi connectivity index (χ4n) is 2.86. The first kappa shape index (κ1) is 18.2. The van der Waals surface area contributed by atoms with Crippen LogP contribution in [0, 0.1) is 10.1 Å². The topological polar surface area (TPSA) is 105 Å². The number of hydrogen-bond donors (Lipinski definition) is 1. The van der Waals surface area contributed by atoms with E-state index in [1.807, 2.05) is 30.3 Å². The number of benzene rings is 2. The Hall–Kier alpha value is -3.55. The SMILES string of the molecule is C[C@@]1(CCc2ccccc2)NC(=O)N(/N=C\c2ccccc2[N+](=O)[O-])C1=O. The summed E-state index contributed by atoms with van der Waals surface area (Å²) in [4.78, 5) is 35.4. The summed E-state index contributed by atoms with van der Waals surface area (Å²) >= 11 is 0. The predicted octanol–water partition coefficient (Wildman–Crippen LogP) is 2.87. The zero-order valence-corrected chi connectivity index (χ0v) is 14.7. The summed E-state index contributed by atoms with van der Waals surface area (Å²) in [6.07, 6.45) is 2.18. The van der Waals surface area contributed by atoms with E-state index in [4.69, 9.17) is 0 Å². The van der Waals surface area contributed by atoms with Gasteiger partial charge in [0.15, 0.2) is 0 Å². The van der Waals surface area contributed by atoms with Gasteiger partial charge in [-0.25, -0.2) is 4.79 Å². The molecule has 0 bridgehead atoms. The third kappa shape index (κ3) is 3.84. The lowest BCUT2D eigenvalue weighted by atomic mass is 9.93. The van der Waals surface area contributed by atoms with Crippen LogP contribution in [0.15, 0.2) is 59.7 Å². The average molecular weight is 366 g/mol. The van der Waals surface area contributed by atoms with Gasteiger partial charge in [-0.3, -0.25) is 14.9 Å².